The monoisotopic (exact) mass is 344 g/mol. The lowest BCUT2D eigenvalue weighted by Gasteiger charge is -2.39. The average Bonchev–Trinajstić information content (AvgIpc) is 3.09. The summed E-state index contributed by atoms with van der Waals surface area (Å²) in [5.74, 6) is -0.0957. The van der Waals surface area contributed by atoms with Crippen LogP contribution in [0.15, 0.2) is 30.3 Å². The number of ether oxygens (including phenoxy) is 2. The maximum Gasteiger partial charge on any atom is 0.251 e. The van der Waals surface area contributed by atoms with Gasteiger partial charge in [-0.2, -0.15) is 0 Å². The van der Waals surface area contributed by atoms with E-state index in [0.717, 1.165) is 31.4 Å². The molecule has 2 aliphatic heterocycles. The Morgan fingerprint density at radius 2 is 1.84 bits per heavy atom. The Morgan fingerprint density at radius 3 is 2.48 bits per heavy atom. The van der Waals surface area contributed by atoms with Gasteiger partial charge in [0, 0.05) is 24.9 Å². The van der Waals surface area contributed by atoms with Crippen LogP contribution in [0.2, 0.25) is 0 Å². The van der Waals surface area contributed by atoms with Crippen molar-refractivity contribution >= 4 is 17.5 Å². The van der Waals surface area contributed by atoms with Gasteiger partial charge in [-0.15, -0.1) is 0 Å². The van der Waals surface area contributed by atoms with Crippen molar-refractivity contribution in [3.63, 3.8) is 0 Å². The molecule has 1 aromatic rings. The van der Waals surface area contributed by atoms with E-state index < -0.39 is 0 Å². The lowest BCUT2D eigenvalue weighted by atomic mass is 9.83. The smallest absolute Gasteiger partial charge is 0.251 e. The highest BCUT2D eigenvalue weighted by atomic mass is 16.7. The first kappa shape index (κ1) is 16.5. The van der Waals surface area contributed by atoms with Crippen molar-refractivity contribution in [2.24, 2.45) is 5.92 Å². The summed E-state index contributed by atoms with van der Waals surface area (Å²) in [6, 6.07) is 9.15. The normalized spacial score (nSPS) is 25.8. The number of anilines is 1. The van der Waals surface area contributed by atoms with Gasteiger partial charge in [-0.05, 0) is 30.9 Å². The lowest BCUT2D eigenvalue weighted by Crippen LogP contribution is -2.64. The quantitative estimate of drug-likeness (QED) is 0.847. The Bertz CT molecular complexity index is 632. The van der Waals surface area contributed by atoms with Gasteiger partial charge in [0.15, 0.2) is 5.79 Å². The van der Waals surface area contributed by atoms with Crippen molar-refractivity contribution < 1.29 is 19.1 Å². The van der Waals surface area contributed by atoms with E-state index in [1.807, 2.05) is 30.3 Å². The SMILES string of the molecule is O=C(CC1CCC2(CC1)OCCO2)NC1CN(c2ccccc2)C1=O. The van der Waals surface area contributed by atoms with E-state index in [0.29, 0.717) is 32.1 Å². The van der Waals surface area contributed by atoms with E-state index >= 15 is 0 Å². The second kappa shape index (κ2) is 6.77. The van der Waals surface area contributed by atoms with Crippen LogP contribution in [0.3, 0.4) is 0 Å². The average molecular weight is 344 g/mol. The Balaban J connectivity index is 1.22. The van der Waals surface area contributed by atoms with Crippen LogP contribution in [0.4, 0.5) is 5.69 Å². The summed E-state index contributed by atoms with van der Waals surface area (Å²) >= 11 is 0. The third-order valence-electron chi connectivity index (χ3n) is 5.49. The number of amides is 2. The lowest BCUT2D eigenvalue weighted by molar-refractivity contribution is -0.183. The number of nitrogens with zero attached hydrogens (tertiary/aromatic N) is 1. The minimum Gasteiger partial charge on any atom is -0.348 e. The second-order valence-corrected chi connectivity index (χ2v) is 7.16. The van der Waals surface area contributed by atoms with Gasteiger partial charge in [0.2, 0.25) is 5.91 Å². The molecule has 1 saturated carbocycles. The van der Waals surface area contributed by atoms with E-state index in [1.54, 1.807) is 4.90 Å². The highest BCUT2D eigenvalue weighted by Gasteiger charge is 2.42. The first-order valence-electron chi connectivity index (χ1n) is 9.09. The fraction of sp³-hybridized carbons (Fsp3) is 0.579. The standard InChI is InChI=1S/C19H24N2O4/c22-17(12-14-6-8-19(9-7-14)24-10-11-25-19)20-16-13-21(18(16)23)15-4-2-1-3-5-15/h1-5,14,16H,6-13H2,(H,20,22). The summed E-state index contributed by atoms with van der Waals surface area (Å²) in [5, 5.41) is 2.88. The van der Waals surface area contributed by atoms with E-state index in [4.69, 9.17) is 9.47 Å². The van der Waals surface area contributed by atoms with Crippen LogP contribution in [0, 0.1) is 5.92 Å². The number of hydrogen-bond donors (Lipinski definition) is 1. The summed E-state index contributed by atoms with van der Waals surface area (Å²) in [4.78, 5) is 26.2. The first-order valence-corrected chi connectivity index (χ1v) is 9.09. The van der Waals surface area contributed by atoms with Crippen LogP contribution >= 0.6 is 0 Å². The Morgan fingerprint density at radius 1 is 1.16 bits per heavy atom. The van der Waals surface area contributed by atoms with Crippen LogP contribution in [-0.4, -0.2) is 43.4 Å². The van der Waals surface area contributed by atoms with Crippen molar-refractivity contribution in [3.05, 3.63) is 30.3 Å². The van der Waals surface area contributed by atoms with E-state index in [1.165, 1.54) is 0 Å². The molecule has 134 valence electrons. The third kappa shape index (κ3) is 3.41. The zero-order valence-electron chi connectivity index (χ0n) is 14.3. The molecule has 1 spiro atoms. The van der Waals surface area contributed by atoms with Gasteiger partial charge in [-0.3, -0.25) is 9.59 Å². The van der Waals surface area contributed by atoms with Crippen LogP contribution < -0.4 is 10.2 Å². The molecule has 25 heavy (non-hydrogen) atoms. The van der Waals surface area contributed by atoms with Gasteiger partial charge in [-0.25, -0.2) is 0 Å². The highest BCUT2D eigenvalue weighted by Crippen LogP contribution is 2.39. The third-order valence-corrected chi connectivity index (χ3v) is 5.49. The molecule has 1 aliphatic carbocycles. The molecular weight excluding hydrogens is 320 g/mol. The summed E-state index contributed by atoms with van der Waals surface area (Å²) in [7, 11) is 0. The highest BCUT2D eigenvalue weighted by molar-refractivity contribution is 6.05. The number of benzene rings is 1. The fourth-order valence-corrected chi connectivity index (χ4v) is 4.00. The van der Waals surface area contributed by atoms with E-state index in [2.05, 4.69) is 5.32 Å². The molecule has 1 N–H and O–H groups in total. The van der Waals surface area contributed by atoms with Gasteiger partial charge < -0.3 is 19.7 Å². The summed E-state index contributed by atoms with van der Waals surface area (Å²) in [5.41, 5.74) is 0.882. The number of rotatable bonds is 4. The molecule has 1 aromatic carbocycles. The number of para-hydroxylation sites is 1. The maximum atomic E-state index is 12.3. The zero-order valence-corrected chi connectivity index (χ0v) is 14.3. The molecule has 0 bridgehead atoms. The van der Waals surface area contributed by atoms with Gasteiger partial charge in [0.25, 0.3) is 5.91 Å². The van der Waals surface area contributed by atoms with Gasteiger partial charge in [0.05, 0.1) is 19.8 Å². The number of hydrogen-bond acceptors (Lipinski definition) is 4. The molecule has 1 unspecified atom stereocenters. The Kier molecular flexibility index (Phi) is 4.48. The molecule has 6 nitrogen and oxygen atoms in total. The number of carbonyl (C=O) groups excluding carboxylic acids is 2. The summed E-state index contributed by atoms with van der Waals surface area (Å²) < 4.78 is 11.4. The molecule has 2 amide bonds. The number of carbonyl (C=O) groups is 2. The van der Waals surface area contributed by atoms with Crippen molar-refractivity contribution in [1.29, 1.82) is 0 Å². The van der Waals surface area contributed by atoms with Crippen molar-refractivity contribution in [3.8, 4) is 0 Å². The largest absolute Gasteiger partial charge is 0.348 e. The van der Waals surface area contributed by atoms with Gasteiger partial charge >= 0.3 is 0 Å². The zero-order chi connectivity index (χ0) is 17.3. The Hall–Kier alpha value is -1.92. The second-order valence-electron chi connectivity index (χ2n) is 7.16. The van der Waals surface area contributed by atoms with Crippen LogP contribution in [-0.2, 0) is 19.1 Å². The minimum absolute atomic E-state index is 0.0275. The number of nitrogens with one attached hydrogen (secondary N) is 1. The van der Waals surface area contributed by atoms with Crippen molar-refractivity contribution in [2.75, 3.05) is 24.7 Å². The molecule has 2 saturated heterocycles. The predicted octanol–water partition coefficient (Wildman–Crippen LogP) is 1.84. The predicted molar refractivity (Wildman–Crippen MR) is 91.9 cm³/mol. The molecule has 0 aromatic heterocycles. The molecule has 0 radical (unpaired) electrons. The van der Waals surface area contributed by atoms with Crippen LogP contribution in [0.5, 0.6) is 0 Å². The maximum absolute atomic E-state index is 12.3. The van der Waals surface area contributed by atoms with Gasteiger partial charge in [-0.1, -0.05) is 18.2 Å². The van der Waals surface area contributed by atoms with Gasteiger partial charge in [0.1, 0.15) is 6.04 Å². The molecule has 2 heterocycles. The molecule has 3 fully saturated rings. The van der Waals surface area contributed by atoms with E-state index in [-0.39, 0.29) is 23.6 Å². The molecule has 1 atom stereocenters. The Labute approximate surface area is 147 Å². The molecular formula is C19H24N2O4. The number of β-lactam (4-membered cyclic amide) rings is 1. The van der Waals surface area contributed by atoms with Crippen LogP contribution in [0.1, 0.15) is 32.1 Å². The summed E-state index contributed by atoms with van der Waals surface area (Å²) in [6.07, 6.45) is 4.06. The van der Waals surface area contributed by atoms with Crippen molar-refractivity contribution in [1.82, 2.24) is 5.32 Å². The molecule has 3 aliphatic rings. The topological polar surface area (TPSA) is 67.9 Å². The fourth-order valence-electron chi connectivity index (χ4n) is 4.00. The first-order chi connectivity index (χ1) is 12.2. The summed E-state index contributed by atoms with van der Waals surface area (Å²) in [6.45, 7) is 1.89. The molecule has 4 rings (SSSR count). The minimum atomic E-state index is -0.385. The van der Waals surface area contributed by atoms with Crippen molar-refractivity contribution in [2.45, 2.75) is 43.9 Å². The molecule has 6 heteroatoms. The van der Waals surface area contributed by atoms with Crippen LogP contribution in [0.25, 0.3) is 0 Å². The van der Waals surface area contributed by atoms with E-state index in [9.17, 15) is 9.59 Å².